The zero-order chi connectivity index (χ0) is 22.8. The van der Waals surface area contributed by atoms with Crippen molar-refractivity contribution < 1.29 is 62.0 Å². The molecule has 0 fully saturated rings. The van der Waals surface area contributed by atoms with Gasteiger partial charge in [0, 0.05) is 6.23 Å². The predicted octanol–water partition coefficient (Wildman–Crippen LogP) is 1.60. The Kier molecular flexibility index (Phi) is 20.5. The fraction of sp³-hybridized carbons (Fsp3) is 0.667. The molecule has 28 heavy (non-hydrogen) atoms. The van der Waals surface area contributed by atoms with Gasteiger partial charge in [0.05, 0.1) is 13.3 Å². The van der Waals surface area contributed by atoms with Crippen LogP contribution in [-0.2, 0) is 62.0 Å². The van der Waals surface area contributed by atoms with Crippen molar-refractivity contribution in [3.8, 4) is 0 Å². The Morgan fingerprint density at radius 3 is 1.86 bits per heavy atom. The van der Waals surface area contributed by atoms with Gasteiger partial charge in [0.1, 0.15) is 12.2 Å². The number of esters is 1. The molecular weight excluding hydrogens is 455 g/mol. The van der Waals surface area contributed by atoms with Crippen LogP contribution in [0.4, 0.5) is 0 Å². The maximum atomic E-state index is 11.1. The maximum absolute atomic E-state index is 11.1. The van der Waals surface area contributed by atoms with Gasteiger partial charge in [-0.3, -0.25) is 21.3 Å². The topological polar surface area (TPSA) is 124 Å². The Hall–Kier alpha value is -0.940. The summed E-state index contributed by atoms with van der Waals surface area (Å²) in [7, 11) is 0.708. The molecule has 10 nitrogen and oxygen atoms in total. The van der Waals surface area contributed by atoms with Gasteiger partial charge in [-0.1, -0.05) is 0 Å². The molecular formula is C15H30CoO10Si2-2. The number of carbonyl (C=O) groups is 3. The molecule has 0 aliphatic carbocycles. The van der Waals surface area contributed by atoms with Crippen molar-refractivity contribution >= 4 is 34.4 Å². The van der Waals surface area contributed by atoms with E-state index in [1.807, 2.05) is 13.1 Å². The summed E-state index contributed by atoms with van der Waals surface area (Å²) in [5.41, 5.74) is 0. The Morgan fingerprint density at radius 1 is 1.00 bits per heavy atom. The molecule has 0 heterocycles. The van der Waals surface area contributed by atoms with Gasteiger partial charge in [0.2, 0.25) is 5.97 Å². The molecule has 0 unspecified atom stereocenters. The second-order valence-electron chi connectivity index (χ2n) is 6.45. The van der Waals surface area contributed by atoms with Gasteiger partial charge in [-0.05, 0) is 33.1 Å². The first-order chi connectivity index (χ1) is 12.8. The van der Waals surface area contributed by atoms with Gasteiger partial charge in [0.15, 0.2) is 23.4 Å². The van der Waals surface area contributed by atoms with Crippen LogP contribution in [0.25, 0.3) is 0 Å². The third-order valence-corrected chi connectivity index (χ3v) is 8.54. The van der Waals surface area contributed by atoms with E-state index in [9.17, 15) is 14.4 Å². The van der Waals surface area contributed by atoms with Crippen LogP contribution in [0.3, 0.4) is 0 Å². The van der Waals surface area contributed by atoms with E-state index in [0.29, 0.717) is 12.5 Å². The van der Waals surface area contributed by atoms with Crippen molar-refractivity contribution in [2.45, 2.75) is 39.5 Å². The van der Waals surface area contributed by atoms with Crippen molar-refractivity contribution in [2.24, 2.45) is 0 Å². The Bertz CT molecular complexity index is 460. The number of hydrogen-bond donors (Lipinski definition) is 0. The van der Waals surface area contributed by atoms with Gasteiger partial charge in [-0.2, -0.15) is 4.89 Å². The van der Waals surface area contributed by atoms with Gasteiger partial charge < -0.3 is 23.2 Å². The predicted molar refractivity (Wildman–Crippen MR) is 98.7 cm³/mol. The first-order valence-corrected chi connectivity index (χ1v) is 14.5. The molecule has 0 amide bonds. The molecule has 0 aliphatic rings. The Labute approximate surface area is 176 Å². The molecule has 0 bridgehead atoms. The molecule has 169 valence electrons. The first-order valence-electron chi connectivity index (χ1n) is 7.85. The van der Waals surface area contributed by atoms with E-state index in [1.54, 1.807) is 0 Å². The van der Waals surface area contributed by atoms with Crippen LogP contribution in [0.15, 0.2) is 0 Å². The van der Waals surface area contributed by atoms with Crippen molar-refractivity contribution in [3.63, 3.8) is 0 Å². The SMILES string of the molecule is [CH2-]C(=O)OOC.[CH2-]OC[Si](C)(C)O[Si](C)(C)COCOC(=O)CC(C)=O.[O]=[Co]. The van der Waals surface area contributed by atoms with Crippen LogP contribution in [0.2, 0.25) is 26.2 Å². The number of rotatable bonds is 11. The van der Waals surface area contributed by atoms with Crippen LogP contribution in [0.5, 0.6) is 0 Å². The molecule has 0 radical (unpaired) electrons. The third kappa shape index (κ3) is 25.1. The molecule has 0 N–H and O–H groups in total. The van der Waals surface area contributed by atoms with Crippen molar-refractivity contribution in [1.29, 1.82) is 0 Å². The average molecular weight is 486 g/mol. The van der Waals surface area contributed by atoms with E-state index < -0.39 is 28.6 Å². The number of ketones is 1. The van der Waals surface area contributed by atoms with Crippen molar-refractivity contribution in [3.05, 3.63) is 14.0 Å². The van der Waals surface area contributed by atoms with Gasteiger partial charge in [-0.15, -0.1) is 0 Å². The Morgan fingerprint density at radius 2 is 1.50 bits per heavy atom. The zero-order valence-corrected chi connectivity index (χ0v) is 20.2. The number of hydrogen-bond acceptors (Lipinski definition) is 10. The van der Waals surface area contributed by atoms with E-state index in [-0.39, 0.29) is 19.0 Å². The third-order valence-electron chi connectivity index (χ3n) is 2.32. The molecule has 13 heteroatoms. The van der Waals surface area contributed by atoms with Crippen LogP contribution >= 0.6 is 0 Å². The number of carbonyl (C=O) groups excluding carboxylic acids is 3. The zero-order valence-electron chi connectivity index (χ0n) is 17.2. The van der Waals surface area contributed by atoms with E-state index in [0.717, 1.165) is 0 Å². The summed E-state index contributed by atoms with van der Waals surface area (Å²) in [5, 5.41) is 0. The summed E-state index contributed by atoms with van der Waals surface area (Å²) in [5.74, 6) is -1.48. The van der Waals surface area contributed by atoms with Gasteiger partial charge in [-0.25, -0.2) is 7.11 Å². The van der Waals surface area contributed by atoms with Gasteiger partial charge >= 0.3 is 25.5 Å². The van der Waals surface area contributed by atoms with Crippen LogP contribution in [-0.4, -0.2) is 60.7 Å². The Balaban J connectivity index is -0.000000660. The van der Waals surface area contributed by atoms with E-state index in [2.05, 4.69) is 52.6 Å². The molecule has 0 saturated heterocycles. The van der Waals surface area contributed by atoms with Crippen LogP contribution in [0.1, 0.15) is 13.3 Å². The van der Waals surface area contributed by atoms with Crippen LogP contribution < -0.4 is 0 Å². The van der Waals surface area contributed by atoms with E-state index in [4.69, 9.17) is 22.2 Å². The van der Waals surface area contributed by atoms with Crippen LogP contribution in [0, 0.1) is 14.0 Å². The van der Waals surface area contributed by atoms with E-state index >= 15 is 0 Å². The monoisotopic (exact) mass is 485 g/mol. The molecule has 0 saturated carbocycles. The molecule has 0 rings (SSSR count). The normalized spacial score (nSPS) is 10.6. The van der Waals surface area contributed by atoms with Crippen molar-refractivity contribution in [1.82, 2.24) is 0 Å². The summed E-state index contributed by atoms with van der Waals surface area (Å²) in [4.78, 5) is 39.1. The molecule has 0 atom stereocenters. The van der Waals surface area contributed by atoms with Crippen molar-refractivity contribution in [2.75, 3.05) is 26.4 Å². The molecule has 0 aromatic rings. The second kappa shape index (κ2) is 18.1. The molecule has 0 aliphatic heterocycles. The number of ether oxygens (including phenoxy) is 3. The molecule has 0 aromatic carbocycles. The molecule has 0 aromatic heterocycles. The second-order valence-corrected chi connectivity index (χ2v) is 14.9. The summed E-state index contributed by atoms with van der Waals surface area (Å²) >= 11 is 2.31. The fourth-order valence-electron chi connectivity index (χ4n) is 1.79. The minimum absolute atomic E-state index is 0.153. The van der Waals surface area contributed by atoms with E-state index in [1.165, 1.54) is 14.0 Å². The summed E-state index contributed by atoms with van der Waals surface area (Å²) < 4.78 is 29.1. The molecule has 0 spiro atoms. The average Bonchev–Trinajstić information content (AvgIpc) is 2.52. The summed E-state index contributed by atoms with van der Waals surface area (Å²) in [6, 6.07) is 0. The quantitative estimate of drug-likeness (QED) is 0.0623. The minimum atomic E-state index is -2.01. The first kappa shape index (κ1) is 31.7. The summed E-state index contributed by atoms with van der Waals surface area (Å²) in [6.45, 7) is 12.2. The summed E-state index contributed by atoms with van der Waals surface area (Å²) in [6.07, 6.45) is 0.715. The number of Topliss-reactive ketones (excluding diaryl/α,β-unsaturated/α-hetero) is 1. The van der Waals surface area contributed by atoms with Gasteiger partial charge in [0.25, 0.3) is 0 Å². The fourth-order valence-corrected chi connectivity index (χ4v) is 9.32. The standard InChI is InChI=1S/C12H25O6Si2.C3H5O3.Co.O/c1-11(13)7-12(14)17-8-16-10-20(5,6)18-19(3,4)9-15-2;1-3(4)6-5-2;;/h2,7-10H2,1,3-6H3;1H2,2H3;;/q2*-1;;.